The molecule has 2 nitrogen and oxygen atoms in total. The lowest BCUT2D eigenvalue weighted by Gasteiger charge is -2.08. The molecule has 2 N–H and O–H groups in total. The first-order chi connectivity index (χ1) is 9.08. The molecule has 3 rings (SSSR count). The zero-order valence-corrected chi connectivity index (χ0v) is 12.7. The van der Waals surface area contributed by atoms with Crippen molar-refractivity contribution >= 4 is 11.3 Å². The number of aliphatic hydroxyl groups is 1. The highest BCUT2D eigenvalue weighted by molar-refractivity contribution is 7.12. The molecule has 1 aliphatic rings. The molecule has 0 aliphatic heterocycles. The van der Waals surface area contributed by atoms with E-state index in [1.807, 2.05) is 0 Å². The van der Waals surface area contributed by atoms with E-state index in [1.165, 1.54) is 47.3 Å². The van der Waals surface area contributed by atoms with Gasteiger partial charge in [0.2, 0.25) is 0 Å². The Labute approximate surface area is 118 Å². The van der Waals surface area contributed by atoms with Gasteiger partial charge in [-0.25, -0.2) is 0 Å². The Hall–Kier alpha value is -1.06. The summed E-state index contributed by atoms with van der Waals surface area (Å²) < 4.78 is 0. The molecule has 0 spiro atoms. The Kier molecular flexibility index (Phi) is 3.27. The zero-order chi connectivity index (χ0) is 13.6. The lowest BCUT2D eigenvalue weighted by molar-refractivity contribution is 0.219. The zero-order valence-electron chi connectivity index (χ0n) is 11.8. The van der Waals surface area contributed by atoms with Gasteiger partial charge >= 0.3 is 0 Å². The van der Waals surface area contributed by atoms with Crippen LogP contribution in [0.15, 0.2) is 6.07 Å². The molecular formula is C16H21NOS. The summed E-state index contributed by atoms with van der Waals surface area (Å²) in [5, 5.41) is 10.6. The van der Waals surface area contributed by atoms with Crippen molar-refractivity contribution in [3.63, 3.8) is 0 Å². The first kappa shape index (κ1) is 12.9. The second-order valence-electron chi connectivity index (χ2n) is 5.62. The second kappa shape index (κ2) is 4.80. The summed E-state index contributed by atoms with van der Waals surface area (Å²) in [4.78, 5) is 5.93. The van der Waals surface area contributed by atoms with Gasteiger partial charge in [-0.2, -0.15) is 0 Å². The number of rotatable bonds is 2. The minimum absolute atomic E-state index is 0.497. The van der Waals surface area contributed by atoms with Crippen molar-refractivity contribution in [3.8, 4) is 0 Å². The molecule has 0 bridgehead atoms. The first-order valence-corrected chi connectivity index (χ1v) is 7.84. The van der Waals surface area contributed by atoms with Crippen molar-refractivity contribution in [2.75, 3.05) is 0 Å². The maximum atomic E-state index is 10.6. The third-order valence-corrected chi connectivity index (χ3v) is 5.70. The molecule has 0 amide bonds. The number of aromatic nitrogens is 1. The highest BCUT2D eigenvalue weighted by Gasteiger charge is 2.22. The summed E-state index contributed by atoms with van der Waals surface area (Å²) >= 11 is 1.79. The maximum Gasteiger partial charge on any atom is 0.128 e. The molecule has 1 aliphatic carbocycles. The lowest BCUT2D eigenvalue weighted by atomic mass is 9.98. The van der Waals surface area contributed by atoms with Gasteiger partial charge in [0.1, 0.15) is 6.10 Å². The molecule has 1 unspecified atom stereocenters. The SMILES string of the molecule is Cc1[nH]c(C(O)c2cc3c(s2)CCCC3)c(C)c1C. The number of hydrogen-bond donors (Lipinski definition) is 2. The number of nitrogens with one attached hydrogen (secondary N) is 1. The summed E-state index contributed by atoms with van der Waals surface area (Å²) in [6.45, 7) is 6.26. The number of H-pyrrole nitrogens is 1. The van der Waals surface area contributed by atoms with E-state index in [2.05, 4.69) is 31.8 Å². The van der Waals surface area contributed by atoms with Crippen LogP contribution in [-0.4, -0.2) is 10.1 Å². The third kappa shape index (κ3) is 2.15. The highest BCUT2D eigenvalue weighted by atomic mass is 32.1. The van der Waals surface area contributed by atoms with E-state index in [0.717, 1.165) is 16.3 Å². The predicted molar refractivity (Wildman–Crippen MR) is 80.0 cm³/mol. The Morgan fingerprint density at radius 3 is 2.53 bits per heavy atom. The van der Waals surface area contributed by atoms with Gasteiger partial charge in [-0.05, 0) is 69.2 Å². The molecule has 2 aromatic heterocycles. The van der Waals surface area contributed by atoms with E-state index in [0.29, 0.717) is 0 Å². The van der Waals surface area contributed by atoms with E-state index in [9.17, 15) is 5.11 Å². The summed E-state index contributed by atoms with van der Waals surface area (Å²) in [6.07, 6.45) is 4.46. The van der Waals surface area contributed by atoms with Crippen LogP contribution in [0.2, 0.25) is 0 Å². The van der Waals surface area contributed by atoms with Crippen LogP contribution in [0.3, 0.4) is 0 Å². The van der Waals surface area contributed by atoms with Gasteiger partial charge in [-0.3, -0.25) is 0 Å². The number of aromatic amines is 1. The number of aliphatic hydroxyl groups excluding tert-OH is 1. The quantitative estimate of drug-likeness (QED) is 0.855. The van der Waals surface area contributed by atoms with E-state index < -0.39 is 6.10 Å². The smallest absolute Gasteiger partial charge is 0.128 e. The molecule has 3 heteroatoms. The van der Waals surface area contributed by atoms with Crippen LogP contribution in [0.5, 0.6) is 0 Å². The van der Waals surface area contributed by atoms with Gasteiger partial charge in [-0.15, -0.1) is 11.3 Å². The van der Waals surface area contributed by atoms with Crippen molar-refractivity contribution in [2.45, 2.75) is 52.6 Å². The number of hydrogen-bond acceptors (Lipinski definition) is 2. The van der Waals surface area contributed by atoms with Crippen LogP contribution < -0.4 is 0 Å². The van der Waals surface area contributed by atoms with E-state index in [-0.39, 0.29) is 0 Å². The van der Waals surface area contributed by atoms with E-state index >= 15 is 0 Å². The molecule has 0 saturated heterocycles. The maximum absolute atomic E-state index is 10.6. The molecule has 19 heavy (non-hydrogen) atoms. The number of fused-ring (bicyclic) bond motifs is 1. The van der Waals surface area contributed by atoms with Crippen LogP contribution in [0, 0.1) is 20.8 Å². The van der Waals surface area contributed by atoms with Gasteiger partial charge in [-0.1, -0.05) is 0 Å². The summed E-state index contributed by atoms with van der Waals surface area (Å²) in [7, 11) is 0. The fourth-order valence-electron chi connectivity index (χ4n) is 2.94. The van der Waals surface area contributed by atoms with Gasteiger partial charge < -0.3 is 10.1 Å². The Morgan fingerprint density at radius 1 is 1.16 bits per heavy atom. The van der Waals surface area contributed by atoms with Crippen LogP contribution >= 0.6 is 11.3 Å². The van der Waals surface area contributed by atoms with Crippen molar-refractivity contribution in [2.24, 2.45) is 0 Å². The van der Waals surface area contributed by atoms with Crippen LogP contribution in [-0.2, 0) is 12.8 Å². The monoisotopic (exact) mass is 275 g/mol. The average molecular weight is 275 g/mol. The fourth-order valence-corrected chi connectivity index (χ4v) is 4.19. The normalized spacial score (nSPS) is 16.4. The minimum atomic E-state index is -0.497. The predicted octanol–water partition coefficient (Wildman–Crippen LogP) is 3.96. The Bertz CT molecular complexity index is 585. The molecular weight excluding hydrogens is 254 g/mol. The fraction of sp³-hybridized carbons (Fsp3) is 0.500. The molecule has 1 atom stereocenters. The van der Waals surface area contributed by atoms with Gasteiger partial charge in [0, 0.05) is 15.4 Å². The lowest BCUT2D eigenvalue weighted by Crippen LogP contribution is -2.00. The summed E-state index contributed by atoms with van der Waals surface area (Å²) in [6, 6.07) is 2.22. The molecule has 2 heterocycles. The second-order valence-corrected chi connectivity index (χ2v) is 6.79. The molecule has 0 saturated carbocycles. The molecule has 102 valence electrons. The first-order valence-electron chi connectivity index (χ1n) is 7.03. The van der Waals surface area contributed by atoms with E-state index in [1.54, 1.807) is 11.3 Å². The number of thiophene rings is 1. The summed E-state index contributed by atoms with van der Waals surface area (Å²) in [5.41, 5.74) is 6.04. The van der Waals surface area contributed by atoms with Crippen LogP contribution in [0.1, 0.15) is 56.8 Å². The van der Waals surface area contributed by atoms with Gasteiger partial charge in [0.15, 0.2) is 0 Å². The summed E-state index contributed by atoms with van der Waals surface area (Å²) in [5.74, 6) is 0. The van der Waals surface area contributed by atoms with Crippen molar-refractivity contribution in [3.05, 3.63) is 43.9 Å². The molecule has 0 radical (unpaired) electrons. The minimum Gasteiger partial charge on any atom is -0.381 e. The van der Waals surface area contributed by atoms with Crippen LogP contribution in [0.4, 0.5) is 0 Å². The molecule has 2 aromatic rings. The topological polar surface area (TPSA) is 36.0 Å². The van der Waals surface area contributed by atoms with Gasteiger partial charge in [0.25, 0.3) is 0 Å². The van der Waals surface area contributed by atoms with E-state index in [4.69, 9.17) is 0 Å². The van der Waals surface area contributed by atoms with Gasteiger partial charge in [0.05, 0.1) is 5.69 Å². The largest absolute Gasteiger partial charge is 0.381 e. The third-order valence-electron chi connectivity index (χ3n) is 4.41. The molecule has 0 fully saturated rings. The van der Waals surface area contributed by atoms with Crippen molar-refractivity contribution in [1.82, 2.24) is 4.98 Å². The highest BCUT2D eigenvalue weighted by Crippen LogP contribution is 2.36. The van der Waals surface area contributed by atoms with Crippen LogP contribution in [0.25, 0.3) is 0 Å². The Balaban J connectivity index is 1.97. The standard InChI is InChI=1S/C16H21NOS/c1-9-10(2)15(17-11(9)3)16(18)14-8-12-6-4-5-7-13(12)19-14/h8,16-18H,4-7H2,1-3H3. The molecule has 0 aromatic carbocycles. The Morgan fingerprint density at radius 2 is 1.89 bits per heavy atom. The van der Waals surface area contributed by atoms with Crippen molar-refractivity contribution in [1.29, 1.82) is 0 Å². The van der Waals surface area contributed by atoms with Crippen molar-refractivity contribution < 1.29 is 5.11 Å². The number of aryl methyl sites for hydroxylation is 3. The average Bonchev–Trinajstić information content (AvgIpc) is 2.95.